The van der Waals surface area contributed by atoms with E-state index in [2.05, 4.69) is 10.1 Å². The summed E-state index contributed by atoms with van der Waals surface area (Å²) in [6, 6.07) is 5.61. The highest BCUT2D eigenvalue weighted by Crippen LogP contribution is 2.27. The van der Waals surface area contributed by atoms with Gasteiger partial charge >= 0.3 is 0 Å². The number of carbonyl (C=O) groups is 1. The van der Waals surface area contributed by atoms with Gasteiger partial charge in [0, 0.05) is 19.1 Å². The smallest absolute Gasteiger partial charge is 0.254 e. The zero-order chi connectivity index (χ0) is 17.3. The summed E-state index contributed by atoms with van der Waals surface area (Å²) in [6.07, 6.45) is 3.33. The molecule has 0 N–H and O–H groups in total. The maximum absolute atomic E-state index is 13.0. The van der Waals surface area contributed by atoms with E-state index in [0.29, 0.717) is 35.8 Å². The Morgan fingerprint density at radius 1 is 1.33 bits per heavy atom. The lowest BCUT2D eigenvalue weighted by Crippen LogP contribution is -2.30. The molecular weight excluding hydrogens is 304 g/mol. The van der Waals surface area contributed by atoms with Crippen LogP contribution in [0.25, 0.3) is 22.5 Å². The van der Waals surface area contributed by atoms with E-state index in [9.17, 15) is 4.79 Å². The lowest BCUT2D eigenvalue weighted by atomic mass is 10.1. The van der Waals surface area contributed by atoms with Crippen LogP contribution >= 0.6 is 0 Å². The van der Waals surface area contributed by atoms with Crippen molar-refractivity contribution in [2.75, 3.05) is 13.1 Å². The Kier molecular flexibility index (Phi) is 4.38. The van der Waals surface area contributed by atoms with Gasteiger partial charge in [0.05, 0.1) is 23.4 Å². The molecular formula is C18H22N4O2. The number of carbonyl (C=O) groups excluding carboxylic acids is 1. The summed E-state index contributed by atoms with van der Waals surface area (Å²) >= 11 is 0. The summed E-state index contributed by atoms with van der Waals surface area (Å²) in [4.78, 5) is 19.4. The van der Waals surface area contributed by atoms with Crippen LogP contribution in [0.4, 0.5) is 0 Å². The van der Waals surface area contributed by atoms with Gasteiger partial charge in [-0.15, -0.1) is 0 Å². The van der Waals surface area contributed by atoms with Crippen molar-refractivity contribution in [2.24, 2.45) is 0 Å². The third-order valence-electron chi connectivity index (χ3n) is 4.11. The van der Waals surface area contributed by atoms with Crippen LogP contribution in [-0.2, 0) is 0 Å². The Balaban J connectivity index is 2.25. The van der Waals surface area contributed by atoms with E-state index in [-0.39, 0.29) is 11.9 Å². The SMILES string of the molecule is CCN(CC)C(=O)c1cc(-c2ccco2)nc2c1cnn2C(C)C. The Labute approximate surface area is 141 Å². The Morgan fingerprint density at radius 3 is 2.67 bits per heavy atom. The van der Waals surface area contributed by atoms with Gasteiger partial charge in [-0.1, -0.05) is 0 Å². The third-order valence-corrected chi connectivity index (χ3v) is 4.11. The molecule has 0 saturated carbocycles. The van der Waals surface area contributed by atoms with Crippen molar-refractivity contribution in [1.82, 2.24) is 19.7 Å². The topological polar surface area (TPSA) is 64.2 Å². The van der Waals surface area contributed by atoms with Crippen molar-refractivity contribution in [2.45, 2.75) is 33.7 Å². The molecule has 24 heavy (non-hydrogen) atoms. The second-order valence-electron chi connectivity index (χ2n) is 5.93. The molecule has 1 amide bonds. The number of pyridine rings is 1. The van der Waals surface area contributed by atoms with Crippen LogP contribution in [0.1, 0.15) is 44.1 Å². The minimum absolute atomic E-state index is 0.0106. The predicted molar refractivity (Wildman–Crippen MR) is 92.9 cm³/mol. The van der Waals surface area contributed by atoms with Gasteiger partial charge < -0.3 is 9.32 Å². The van der Waals surface area contributed by atoms with Gasteiger partial charge in [-0.25, -0.2) is 9.67 Å². The number of aromatic nitrogens is 3. The average molecular weight is 326 g/mol. The first-order valence-corrected chi connectivity index (χ1v) is 8.28. The first-order chi connectivity index (χ1) is 11.6. The van der Waals surface area contributed by atoms with Gasteiger partial charge in [-0.3, -0.25) is 4.79 Å². The molecule has 0 aliphatic rings. The fourth-order valence-corrected chi connectivity index (χ4v) is 2.80. The minimum atomic E-state index is -0.0106. The van der Waals surface area contributed by atoms with Crippen molar-refractivity contribution in [3.05, 3.63) is 36.2 Å². The molecule has 6 nitrogen and oxygen atoms in total. The Morgan fingerprint density at radius 2 is 2.08 bits per heavy atom. The van der Waals surface area contributed by atoms with E-state index < -0.39 is 0 Å². The zero-order valence-electron chi connectivity index (χ0n) is 14.5. The van der Waals surface area contributed by atoms with Crippen LogP contribution in [-0.4, -0.2) is 38.7 Å². The van der Waals surface area contributed by atoms with Crippen LogP contribution in [0.5, 0.6) is 0 Å². The highest BCUT2D eigenvalue weighted by molar-refractivity contribution is 6.06. The average Bonchev–Trinajstić information content (AvgIpc) is 3.24. The third kappa shape index (κ3) is 2.68. The van der Waals surface area contributed by atoms with Crippen LogP contribution < -0.4 is 0 Å². The van der Waals surface area contributed by atoms with Crippen molar-refractivity contribution in [3.63, 3.8) is 0 Å². The summed E-state index contributed by atoms with van der Waals surface area (Å²) in [7, 11) is 0. The first-order valence-electron chi connectivity index (χ1n) is 8.28. The molecule has 0 aliphatic carbocycles. The number of amides is 1. The van der Waals surface area contributed by atoms with E-state index in [1.165, 1.54) is 0 Å². The van der Waals surface area contributed by atoms with E-state index in [4.69, 9.17) is 4.42 Å². The van der Waals surface area contributed by atoms with Gasteiger partial charge in [0.25, 0.3) is 5.91 Å². The molecule has 0 aromatic carbocycles. The van der Waals surface area contributed by atoms with Crippen molar-refractivity contribution in [1.29, 1.82) is 0 Å². The fourth-order valence-electron chi connectivity index (χ4n) is 2.80. The van der Waals surface area contributed by atoms with Crippen LogP contribution in [0.15, 0.2) is 35.1 Å². The number of fused-ring (bicyclic) bond motifs is 1. The summed E-state index contributed by atoms with van der Waals surface area (Å²) in [6.45, 7) is 9.36. The van der Waals surface area contributed by atoms with Crippen LogP contribution in [0.3, 0.4) is 0 Å². The number of hydrogen-bond donors (Lipinski definition) is 0. The second kappa shape index (κ2) is 6.47. The number of furan rings is 1. The zero-order valence-corrected chi connectivity index (χ0v) is 14.5. The van der Waals surface area contributed by atoms with Gasteiger partial charge in [0.2, 0.25) is 0 Å². The molecule has 3 heterocycles. The van der Waals surface area contributed by atoms with E-state index in [1.807, 2.05) is 44.5 Å². The highest BCUT2D eigenvalue weighted by Gasteiger charge is 2.21. The van der Waals surface area contributed by atoms with Crippen LogP contribution in [0.2, 0.25) is 0 Å². The molecule has 0 unspecified atom stereocenters. The maximum Gasteiger partial charge on any atom is 0.254 e. The summed E-state index contributed by atoms with van der Waals surface area (Å²) in [5, 5.41) is 5.20. The molecule has 0 bridgehead atoms. The molecule has 0 radical (unpaired) electrons. The molecule has 0 saturated heterocycles. The van der Waals surface area contributed by atoms with Gasteiger partial charge in [-0.2, -0.15) is 5.10 Å². The quantitative estimate of drug-likeness (QED) is 0.716. The predicted octanol–water partition coefficient (Wildman–Crippen LogP) is 3.75. The molecule has 3 aromatic heterocycles. The lowest BCUT2D eigenvalue weighted by Gasteiger charge is -2.19. The Bertz CT molecular complexity index is 845. The number of hydrogen-bond acceptors (Lipinski definition) is 4. The molecule has 0 spiro atoms. The molecule has 6 heteroatoms. The highest BCUT2D eigenvalue weighted by atomic mass is 16.3. The summed E-state index contributed by atoms with van der Waals surface area (Å²) in [5.74, 6) is 0.630. The summed E-state index contributed by atoms with van der Waals surface area (Å²) in [5.41, 5.74) is 1.96. The molecule has 3 aromatic rings. The minimum Gasteiger partial charge on any atom is -0.463 e. The number of nitrogens with zero attached hydrogens (tertiary/aromatic N) is 4. The van der Waals surface area contributed by atoms with E-state index >= 15 is 0 Å². The maximum atomic E-state index is 13.0. The van der Waals surface area contributed by atoms with Gasteiger partial charge in [-0.05, 0) is 45.9 Å². The second-order valence-corrected chi connectivity index (χ2v) is 5.93. The van der Waals surface area contributed by atoms with Gasteiger partial charge in [0.1, 0.15) is 5.69 Å². The normalized spacial score (nSPS) is 11.4. The van der Waals surface area contributed by atoms with E-state index in [0.717, 1.165) is 5.39 Å². The molecule has 0 aliphatic heterocycles. The molecule has 3 rings (SSSR count). The standard InChI is InChI=1S/C18H22N4O2/c1-5-21(6-2)18(23)13-10-15(16-8-7-9-24-16)20-17-14(13)11-19-22(17)12(3)4/h7-12H,5-6H2,1-4H3. The lowest BCUT2D eigenvalue weighted by molar-refractivity contribution is 0.0775. The molecule has 0 fully saturated rings. The van der Waals surface area contributed by atoms with Crippen molar-refractivity contribution in [3.8, 4) is 11.5 Å². The van der Waals surface area contributed by atoms with Gasteiger partial charge in [0.15, 0.2) is 11.4 Å². The molecule has 126 valence electrons. The van der Waals surface area contributed by atoms with Crippen LogP contribution in [0, 0.1) is 0 Å². The first kappa shape index (κ1) is 16.2. The number of rotatable bonds is 5. The fraction of sp³-hybridized carbons (Fsp3) is 0.389. The van der Waals surface area contributed by atoms with Crippen molar-refractivity contribution >= 4 is 16.9 Å². The monoisotopic (exact) mass is 326 g/mol. The molecule has 0 atom stereocenters. The Hall–Kier alpha value is -2.63. The van der Waals surface area contributed by atoms with Crippen molar-refractivity contribution < 1.29 is 9.21 Å². The van der Waals surface area contributed by atoms with E-state index in [1.54, 1.807) is 23.4 Å². The largest absolute Gasteiger partial charge is 0.463 e. The summed E-state index contributed by atoms with van der Waals surface area (Å²) < 4.78 is 7.31.